The van der Waals surface area contributed by atoms with E-state index in [4.69, 9.17) is 25.7 Å². The molecule has 0 aromatic heterocycles. The lowest BCUT2D eigenvalue weighted by Crippen LogP contribution is -2.36. The quantitative estimate of drug-likeness (QED) is 0.514. The zero-order chi connectivity index (χ0) is 20.0. The maximum Gasteiger partial charge on any atom is 0.258 e. The minimum Gasteiger partial charge on any atom is -0.493 e. The summed E-state index contributed by atoms with van der Waals surface area (Å²) in [6.45, 7) is 0. The van der Waals surface area contributed by atoms with Gasteiger partial charge in [0.05, 0.1) is 27.0 Å². The number of primary amides is 1. The highest BCUT2D eigenvalue weighted by molar-refractivity contribution is 6.06. The van der Waals surface area contributed by atoms with Crippen LogP contribution in [0, 0.1) is 0 Å². The third-order valence-corrected chi connectivity index (χ3v) is 3.55. The summed E-state index contributed by atoms with van der Waals surface area (Å²) >= 11 is 0. The monoisotopic (exact) mass is 372 g/mol. The Bertz CT molecular complexity index is 870. The minimum absolute atomic E-state index is 0.157. The topological polar surface area (TPSA) is 138 Å². The SMILES string of the molecule is COc1cc(C(=O)NC(N)=Nc2cccc(C(N)=O)c2)cc(OC)c1OC. The van der Waals surface area contributed by atoms with Gasteiger partial charge in [0, 0.05) is 11.1 Å². The summed E-state index contributed by atoms with van der Waals surface area (Å²) in [5.74, 6) is -0.260. The molecule has 0 radical (unpaired) electrons. The number of amides is 2. The van der Waals surface area contributed by atoms with Crippen LogP contribution >= 0.6 is 0 Å². The van der Waals surface area contributed by atoms with Crippen molar-refractivity contribution in [3.63, 3.8) is 0 Å². The van der Waals surface area contributed by atoms with E-state index < -0.39 is 11.8 Å². The smallest absolute Gasteiger partial charge is 0.258 e. The lowest BCUT2D eigenvalue weighted by molar-refractivity contribution is 0.0973. The third-order valence-electron chi connectivity index (χ3n) is 3.55. The van der Waals surface area contributed by atoms with E-state index in [1.165, 1.54) is 39.5 Å². The van der Waals surface area contributed by atoms with Gasteiger partial charge in [-0.15, -0.1) is 0 Å². The molecule has 2 aromatic carbocycles. The molecule has 0 heterocycles. The average molecular weight is 372 g/mol. The summed E-state index contributed by atoms with van der Waals surface area (Å²) < 4.78 is 15.6. The van der Waals surface area contributed by atoms with Crippen molar-refractivity contribution >= 4 is 23.5 Å². The Morgan fingerprint density at radius 1 is 0.926 bits per heavy atom. The first kappa shape index (κ1) is 19.6. The number of methoxy groups -OCH3 is 3. The minimum atomic E-state index is -0.591. The van der Waals surface area contributed by atoms with Gasteiger partial charge in [-0.05, 0) is 30.3 Å². The second-order valence-electron chi connectivity index (χ2n) is 5.28. The van der Waals surface area contributed by atoms with E-state index in [1.807, 2.05) is 0 Å². The molecule has 27 heavy (non-hydrogen) atoms. The van der Waals surface area contributed by atoms with Gasteiger partial charge < -0.3 is 25.7 Å². The molecule has 2 rings (SSSR count). The number of guanidine groups is 1. The number of benzene rings is 2. The summed E-state index contributed by atoms with van der Waals surface area (Å²) in [4.78, 5) is 27.7. The van der Waals surface area contributed by atoms with Gasteiger partial charge in [0.2, 0.25) is 17.6 Å². The molecule has 0 unspecified atom stereocenters. The highest BCUT2D eigenvalue weighted by Gasteiger charge is 2.17. The first-order chi connectivity index (χ1) is 12.9. The molecule has 0 bridgehead atoms. The van der Waals surface area contributed by atoms with Gasteiger partial charge in [-0.1, -0.05) is 6.07 Å². The second-order valence-corrected chi connectivity index (χ2v) is 5.28. The van der Waals surface area contributed by atoms with Gasteiger partial charge in [0.1, 0.15) is 0 Å². The van der Waals surface area contributed by atoms with Crippen LogP contribution in [0.4, 0.5) is 5.69 Å². The van der Waals surface area contributed by atoms with Gasteiger partial charge in [-0.3, -0.25) is 14.9 Å². The first-order valence-corrected chi connectivity index (χ1v) is 7.75. The predicted octanol–water partition coefficient (Wildman–Crippen LogP) is 1.19. The Hall–Kier alpha value is -3.75. The van der Waals surface area contributed by atoms with Gasteiger partial charge in [-0.2, -0.15) is 0 Å². The van der Waals surface area contributed by atoms with Crippen molar-refractivity contribution in [2.45, 2.75) is 0 Å². The first-order valence-electron chi connectivity index (χ1n) is 7.75. The van der Waals surface area contributed by atoms with E-state index in [0.29, 0.717) is 22.9 Å². The maximum absolute atomic E-state index is 12.5. The average Bonchev–Trinajstić information content (AvgIpc) is 2.66. The fraction of sp³-hybridized carbons (Fsp3) is 0.167. The molecule has 2 aromatic rings. The molecule has 0 aliphatic heterocycles. The van der Waals surface area contributed by atoms with Crippen LogP contribution in [0.5, 0.6) is 17.2 Å². The predicted molar refractivity (Wildman–Crippen MR) is 99.8 cm³/mol. The molecule has 5 N–H and O–H groups in total. The summed E-state index contributed by atoms with van der Waals surface area (Å²) in [6.07, 6.45) is 0. The Morgan fingerprint density at radius 3 is 2.07 bits per heavy atom. The van der Waals surface area contributed by atoms with Crippen molar-refractivity contribution < 1.29 is 23.8 Å². The van der Waals surface area contributed by atoms with Gasteiger partial charge in [-0.25, -0.2) is 4.99 Å². The van der Waals surface area contributed by atoms with Crippen LogP contribution in [0.25, 0.3) is 0 Å². The normalized spacial score (nSPS) is 10.9. The molecule has 0 atom stereocenters. The number of hydrogen-bond acceptors (Lipinski definition) is 6. The molecule has 9 nitrogen and oxygen atoms in total. The van der Waals surface area contributed by atoms with Crippen molar-refractivity contribution in [3.05, 3.63) is 47.5 Å². The number of ether oxygens (including phenoxy) is 3. The molecule has 0 saturated heterocycles. The van der Waals surface area contributed by atoms with Crippen molar-refractivity contribution in [3.8, 4) is 17.2 Å². The van der Waals surface area contributed by atoms with E-state index in [-0.39, 0.29) is 17.1 Å². The molecule has 0 aliphatic rings. The van der Waals surface area contributed by atoms with Crippen LogP contribution in [-0.4, -0.2) is 39.1 Å². The molecule has 0 spiro atoms. The number of nitrogens with zero attached hydrogens (tertiary/aromatic N) is 1. The number of nitrogens with one attached hydrogen (secondary N) is 1. The third kappa shape index (κ3) is 4.66. The van der Waals surface area contributed by atoms with Crippen LogP contribution in [-0.2, 0) is 0 Å². The van der Waals surface area contributed by atoms with Crippen LogP contribution in [0.15, 0.2) is 41.4 Å². The van der Waals surface area contributed by atoms with Gasteiger partial charge >= 0.3 is 0 Å². The lowest BCUT2D eigenvalue weighted by atomic mass is 10.1. The Balaban J connectivity index is 2.26. The zero-order valence-corrected chi connectivity index (χ0v) is 15.1. The Kier molecular flexibility index (Phi) is 6.21. The molecule has 9 heteroatoms. The fourth-order valence-electron chi connectivity index (χ4n) is 2.30. The Morgan fingerprint density at radius 2 is 1.56 bits per heavy atom. The Labute approximate surface area is 155 Å². The van der Waals surface area contributed by atoms with Crippen LogP contribution in [0.3, 0.4) is 0 Å². The van der Waals surface area contributed by atoms with Crippen molar-refractivity contribution in [2.75, 3.05) is 21.3 Å². The largest absolute Gasteiger partial charge is 0.493 e. The van der Waals surface area contributed by atoms with E-state index in [9.17, 15) is 9.59 Å². The second kappa shape index (κ2) is 8.56. The van der Waals surface area contributed by atoms with Crippen LogP contribution in [0.2, 0.25) is 0 Å². The van der Waals surface area contributed by atoms with Gasteiger partial charge in [0.25, 0.3) is 5.91 Å². The lowest BCUT2D eigenvalue weighted by Gasteiger charge is -2.14. The van der Waals surface area contributed by atoms with E-state index in [1.54, 1.807) is 18.2 Å². The number of nitrogens with two attached hydrogens (primary N) is 2. The van der Waals surface area contributed by atoms with Crippen molar-refractivity contribution in [2.24, 2.45) is 16.5 Å². The maximum atomic E-state index is 12.5. The van der Waals surface area contributed by atoms with Crippen LogP contribution in [0.1, 0.15) is 20.7 Å². The molecule has 142 valence electrons. The number of rotatable bonds is 6. The summed E-state index contributed by atoms with van der Waals surface area (Å²) in [5, 5.41) is 2.45. The highest BCUT2D eigenvalue weighted by Crippen LogP contribution is 2.38. The van der Waals surface area contributed by atoms with E-state index >= 15 is 0 Å². The standard InChI is InChI=1S/C18H20N4O5/c1-25-13-8-11(9-14(26-2)15(13)27-3)17(24)22-18(20)21-12-6-4-5-10(7-12)16(19)23/h4-9H,1-3H3,(H2,19,23)(H3,20,21,22,24). The number of carbonyl (C=O) groups excluding carboxylic acids is 2. The molecular weight excluding hydrogens is 352 g/mol. The molecular formula is C18H20N4O5. The summed E-state index contributed by atoms with van der Waals surface area (Å²) in [6, 6.07) is 9.19. The summed E-state index contributed by atoms with van der Waals surface area (Å²) in [7, 11) is 4.35. The van der Waals surface area contributed by atoms with Crippen LogP contribution < -0.4 is 31.0 Å². The zero-order valence-electron chi connectivity index (χ0n) is 15.1. The number of carbonyl (C=O) groups is 2. The molecule has 0 aliphatic carbocycles. The van der Waals surface area contributed by atoms with Crippen molar-refractivity contribution in [1.29, 1.82) is 0 Å². The molecule has 0 fully saturated rings. The number of aliphatic imine (C=N–C) groups is 1. The molecule has 2 amide bonds. The summed E-state index contributed by atoms with van der Waals surface area (Å²) in [5.41, 5.74) is 11.9. The van der Waals surface area contributed by atoms with E-state index in [2.05, 4.69) is 10.3 Å². The molecule has 0 saturated carbocycles. The van der Waals surface area contributed by atoms with Gasteiger partial charge in [0.15, 0.2) is 11.5 Å². The number of hydrogen-bond donors (Lipinski definition) is 3. The van der Waals surface area contributed by atoms with E-state index in [0.717, 1.165) is 0 Å². The fourth-order valence-corrected chi connectivity index (χ4v) is 2.30. The highest BCUT2D eigenvalue weighted by atomic mass is 16.5. The van der Waals surface area contributed by atoms with Crippen molar-refractivity contribution in [1.82, 2.24) is 5.32 Å².